The van der Waals surface area contributed by atoms with Crippen LogP contribution in [0.15, 0.2) is 53.1 Å². The Hall–Kier alpha value is -2.76. The predicted octanol–water partition coefficient (Wildman–Crippen LogP) is 2.30. The quantitative estimate of drug-likeness (QED) is 0.885. The highest BCUT2D eigenvalue weighted by Gasteiger charge is 2.38. The third-order valence-corrected chi connectivity index (χ3v) is 4.36. The highest BCUT2D eigenvalue weighted by atomic mass is 16.3. The fraction of sp³-hybridized carbons (Fsp3) is 0.333. The minimum absolute atomic E-state index is 0.0101. The number of benzene rings is 1. The van der Waals surface area contributed by atoms with E-state index in [1.54, 1.807) is 23.3 Å². The molecule has 0 radical (unpaired) electrons. The second-order valence-electron chi connectivity index (χ2n) is 5.97. The lowest BCUT2D eigenvalue weighted by Gasteiger charge is -2.25. The number of carbonyl (C=O) groups excluding carboxylic acids is 2. The summed E-state index contributed by atoms with van der Waals surface area (Å²) in [5.74, 6) is 0.856. The minimum Gasteiger partial charge on any atom is -0.467 e. The standard InChI is InChI=1S/C18H21N3O3/c1-21-16(22)10-14(17(21)13-6-3-2-4-7-13)11-19-18(23)20-12-15-8-5-9-24-15/h2-9,14,17H,10-12H2,1H3,(H2,19,20,23). The molecule has 1 aliphatic heterocycles. The van der Waals surface area contributed by atoms with E-state index in [9.17, 15) is 9.59 Å². The summed E-state index contributed by atoms with van der Waals surface area (Å²) in [7, 11) is 1.82. The molecule has 2 unspecified atom stereocenters. The van der Waals surface area contributed by atoms with Crippen molar-refractivity contribution in [3.8, 4) is 0 Å². The van der Waals surface area contributed by atoms with Gasteiger partial charge in [-0.2, -0.15) is 0 Å². The number of hydrogen-bond donors (Lipinski definition) is 2. The van der Waals surface area contributed by atoms with Gasteiger partial charge in [0.2, 0.25) is 5.91 Å². The van der Waals surface area contributed by atoms with Crippen LogP contribution in [0.5, 0.6) is 0 Å². The topological polar surface area (TPSA) is 74.6 Å². The zero-order chi connectivity index (χ0) is 16.9. The molecule has 3 rings (SSSR count). The Kier molecular flexibility index (Phi) is 4.84. The molecule has 6 heteroatoms. The number of nitrogens with one attached hydrogen (secondary N) is 2. The number of likely N-dealkylation sites (tertiary alicyclic amines) is 1. The van der Waals surface area contributed by atoms with E-state index in [2.05, 4.69) is 10.6 Å². The summed E-state index contributed by atoms with van der Waals surface area (Å²) in [6.45, 7) is 0.782. The van der Waals surface area contributed by atoms with Gasteiger partial charge >= 0.3 is 6.03 Å². The molecule has 6 nitrogen and oxygen atoms in total. The van der Waals surface area contributed by atoms with Crippen LogP contribution in [0.4, 0.5) is 4.79 Å². The molecular weight excluding hydrogens is 306 g/mol. The lowest BCUT2D eigenvalue weighted by atomic mass is 9.94. The van der Waals surface area contributed by atoms with Crippen molar-refractivity contribution >= 4 is 11.9 Å². The van der Waals surface area contributed by atoms with Crippen molar-refractivity contribution in [2.75, 3.05) is 13.6 Å². The second-order valence-corrected chi connectivity index (χ2v) is 5.97. The molecule has 2 atom stereocenters. The van der Waals surface area contributed by atoms with Gasteiger partial charge in [0.05, 0.1) is 18.8 Å². The lowest BCUT2D eigenvalue weighted by Crippen LogP contribution is -2.39. The fourth-order valence-corrected chi connectivity index (χ4v) is 3.15. The molecule has 1 aliphatic rings. The Balaban J connectivity index is 1.57. The van der Waals surface area contributed by atoms with Gasteiger partial charge in [0.25, 0.3) is 0 Å². The molecule has 2 heterocycles. The SMILES string of the molecule is CN1C(=O)CC(CNC(=O)NCc2ccco2)C1c1ccccc1. The van der Waals surface area contributed by atoms with Crippen LogP contribution in [-0.4, -0.2) is 30.4 Å². The van der Waals surface area contributed by atoms with Crippen molar-refractivity contribution < 1.29 is 14.0 Å². The van der Waals surface area contributed by atoms with Crippen molar-refractivity contribution in [1.29, 1.82) is 0 Å². The van der Waals surface area contributed by atoms with Crippen LogP contribution < -0.4 is 10.6 Å². The minimum atomic E-state index is -0.264. The zero-order valence-electron chi connectivity index (χ0n) is 13.6. The summed E-state index contributed by atoms with van der Waals surface area (Å²) in [6, 6.07) is 13.2. The van der Waals surface area contributed by atoms with E-state index in [0.29, 0.717) is 25.3 Å². The molecule has 2 N–H and O–H groups in total. The molecule has 0 saturated carbocycles. The average molecular weight is 327 g/mol. The van der Waals surface area contributed by atoms with E-state index in [0.717, 1.165) is 5.56 Å². The van der Waals surface area contributed by atoms with Crippen molar-refractivity contribution in [2.24, 2.45) is 5.92 Å². The van der Waals surface area contributed by atoms with Gasteiger partial charge in [-0.25, -0.2) is 4.79 Å². The first-order valence-electron chi connectivity index (χ1n) is 8.00. The van der Waals surface area contributed by atoms with E-state index < -0.39 is 0 Å². The number of hydrogen-bond acceptors (Lipinski definition) is 3. The summed E-state index contributed by atoms with van der Waals surface area (Å²) in [4.78, 5) is 25.8. The monoisotopic (exact) mass is 327 g/mol. The number of urea groups is 1. The molecule has 1 aromatic heterocycles. The van der Waals surface area contributed by atoms with E-state index >= 15 is 0 Å². The molecule has 0 bridgehead atoms. The van der Waals surface area contributed by atoms with Gasteiger partial charge in [0.15, 0.2) is 0 Å². The number of rotatable bonds is 5. The van der Waals surface area contributed by atoms with Crippen LogP contribution in [0.25, 0.3) is 0 Å². The Bertz CT molecular complexity index is 685. The zero-order valence-corrected chi connectivity index (χ0v) is 13.6. The van der Waals surface area contributed by atoms with Crippen LogP contribution >= 0.6 is 0 Å². The van der Waals surface area contributed by atoms with E-state index in [1.807, 2.05) is 37.4 Å². The first kappa shape index (κ1) is 16.1. The molecule has 126 valence electrons. The molecule has 0 aliphatic carbocycles. The summed E-state index contributed by atoms with van der Waals surface area (Å²) in [6.07, 6.45) is 2.01. The highest BCUT2D eigenvalue weighted by Crippen LogP contribution is 2.36. The third-order valence-electron chi connectivity index (χ3n) is 4.36. The maximum Gasteiger partial charge on any atom is 0.315 e. The summed E-state index contributed by atoms with van der Waals surface area (Å²) < 4.78 is 5.17. The van der Waals surface area contributed by atoms with E-state index in [4.69, 9.17) is 4.42 Å². The van der Waals surface area contributed by atoms with Gasteiger partial charge in [-0.3, -0.25) is 4.79 Å². The Morgan fingerprint density at radius 1 is 1.21 bits per heavy atom. The predicted molar refractivity (Wildman–Crippen MR) is 89.0 cm³/mol. The van der Waals surface area contributed by atoms with Crippen LogP contribution in [-0.2, 0) is 11.3 Å². The van der Waals surface area contributed by atoms with Gasteiger partial charge in [0, 0.05) is 25.9 Å². The molecule has 3 amide bonds. The number of nitrogens with zero attached hydrogens (tertiary/aromatic N) is 1. The highest BCUT2D eigenvalue weighted by molar-refractivity contribution is 5.80. The third kappa shape index (κ3) is 3.59. The smallest absolute Gasteiger partial charge is 0.315 e. The van der Waals surface area contributed by atoms with E-state index in [1.165, 1.54) is 0 Å². The maximum absolute atomic E-state index is 12.1. The number of carbonyl (C=O) groups is 2. The normalized spacial score (nSPS) is 20.2. The first-order valence-corrected chi connectivity index (χ1v) is 8.00. The Morgan fingerprint density at radius 3 is 2.71 bits per heavy atom. The van der Waals surface area contributed by atoms with Crippen molar-refractivity contribution in [3.05, 3.63) is 60.1 Å². The van der Waals surface area contributed by atoms with Gasteiger partial charge in [-0.1, -0.05) is 30.3 Å². The first-order chi connectivity index (χ1) is 11.6. The Labute approximate surface area is 140 Å². The number of amides is 3. The largest absolute Gasteiger partial charge is 0.467 e. The molecule has 0 spiro atoms. The van der Waals surface area contributed by atoms with Gasteiger partial charge < -0.3 is 20.0 Å². The Morgan fingerprint density at radius 2 is 2.00 bits per heavy atom. The molecule has 1 aromatic carbocycles. The molecular formula is C18H21N3O3. The summed E-state index contributed by atoms with van der Waals surface area (Å²) in [5.41, 5.74) is 1.09. The van der Waals surface area contributed by atoms with Crippen molar-refractivity contribution in [3.63, 3.8) is 0 Å². The summed E-state index contributed by atoms with van der Waals surface area (Å²) in [5, 5.41) is 5.60. The fourth-order valence-electron chi connectivity index (χ4n) is 3.15. The second kappa shape index (κ2) is 7.21. The van der Waals surface area contributed by atoms with Crippen LogP contribution in [0, 0.1) is 5.92 Å². The molecule has 1 fully saturated rings. The van der Waals surface area contributed by atoms with Crippen molar-refractivity contribution in [2.45, 2.75) is 19.0 Å². The maximum atomic E-state index is 12.1. The number of furan rings is 1. The van der Waals surface area contributed by atoms with Crippen LogP contribution in [0.3, 0.4) is 0 Å². The average Bonchev–Trinajstić information content (AvgIpc) is 3.21. The molecule has 1 saturated heterocycles. The molecule has 24 heavy (non-hydrogen) atoms. The van der Waals surface area contributed by atoms with Crippen molar-refractivity contribution in [1.82, 2.24) is 15.5 Å². The van der Waals surface area contributed by atoms with Crippen LogP contribution in [0.1, 0.15) is 23.8 Å². The lowest BCUT2D eigenvalue weighted by molar-refractivity contribution is -0.127. The van der Waals surface area contributed by atoms with Gasteiger partial charge in [-0.05, 0) is 17.7 Å². The van der Waals surface area contributed by atoms with Gasteiger partial charge in [0.1, 0.15) is 5.76 Å². The molecule has 2 aromatic rings. The van der Waals surface area contributed by atoms with Gasteiger partial charge in [-0.15, -0.1) is 0 Å². The van der Waals surface area contributed by atoms with Crippen LogP contribution in [0.2, 0.25) is 0 Å². The summed E-state index contributed by atoms with van der Waals surface area (Å²) >= 11 is 0. The van der Waals surface area contributed by atoms with E-state index in [-0.39, 0.29) is 23.9 Å².